The molecule has 1 rings (SSSR count). The van der Waals surface area contributed by atoms with Gasteiger partial charge in [0.05, 0.1) is 25.4 Å². The van der Waals surface area contributed by atoms with Gasteiger partial charge in [0.15, 0.2) is 12.4 Å². The van der Waals surface area contributed by atoms with Crippen molar-refractivity contribution in [2.75, 3.05) is 13.2 Å². The monoisotopic (exact) mass is 1050 g/mol. The molecule has 0 aromatic rings. The lowest BCUT2D eigenvalue weighted by Crippen LogP contribution is -2.61. The highest BCUT2D eigenvalue weighted by molar-refractivity contribution is 5.80. The van der Waals surface area contributed by atoms with Gasteiger partial charge in [-0.1, -0.05) is 228 Å². The van der Waals surface area contributed by atoms with Gasteiger partial charge in [-0.05, 0) is 96.3 Å². The van der Waals surface area contributed by atoms with Crippen molar-refractivity contribution in [3.05, 3.63) is 85.1 Å². The summed E-state index contributed by atoms with van der Waals surface area (Å²) in [6, 6.07) is -1.04. The van der Waals surface area contributed by atoms with Crippen molar-refractivity contribution in [1.82, 2.24) is 5.32 Å². The smallest absolute Gasteiger partial charge is 0.306 e. The molecule has 8 atom stereocenters. The van der Waals surface area contributed by atoms with Crippen LogP contribution in [0, 0.1) is 0 Å². The first-order valence-corrected chi connectivity index (χ1v) is 30.4. The molecule has 0 aliphatic carbocycles. The zero-order valence-corrected chi connectivity index (χ0v) is 47.6. The Balaban J connectivity index is 2.72. The van der Waals surface area contributed by atoms with Crippen molar-refractivity contribution in [3.8, 4) is 0 Å². The number of allylic oxidation sites excluding steroid dienone is 13. The fourth-order valence-corrected chi connectivity index (χ4v) is 8.91. The van der Waals surface area contributed by atoms with E-state index in [0.717, 1.165) is 83.5 Å². The van der Waals surface area contributed by atoms with E-state index in [-0.39, 0.29) is 19.4 Å². The van der Waals surface area contributed by atoms with Gasteiger partial charge in [0.2, 0.25) is 5.91 Å². The SMILES string of the molecule is CCCCC/C=C\C/C=C\C/C=C\C/C=C\CCCC(=O)OC1C(OCC(NC(=O)C(O)CCCCCCCCCC/C=C\C/C=C\CCCCC)C(O)/C=C/CCCCCCCCCCC)OC(CO)C(O)C1O. The Kier molecular flexibility index (Phi) is 48.0. The second-order valence-electron chi connectivity index (χ2n) is 20.7. The topological polar surface area (TPSA) is 175 Å². The average Bonchev–Trinajstić information content (AvgIpc) is 3.41. The van der Waals surface area contributed by atoms with Crippen LogP contribution in [0.1, 0.15) is 245 Å². The Hall–Kier alpha value is -3.16. The van der Waals surface area contributed by atoms with Crippen molar-refractivity contribution in [2.45, 2.75) is 294 Å². The van der Waals surface area contributed by atoms with E-state index in [9.17, 15) is 35.1 Å². The maximum absolute atomic E-state index is 13.4. The predicted octanol–water partition coefficient (Wildman–Crippen LogP) is 14.2. The summed E-state index contributed by atoms with van der Waals surface area (Å²) in [5.41, 5.74) is 0. The van der Waals surface area contributed by atoms with Gasteiger partial charge in [-0.25, -0.2) is 0 Å². The Bertz CT molecular complexity index is 1540. The first-order chi connectivity index (χ1) is 36.7. The van der Waals surface area contributed by atoms with Crippen molar-refractivity contribution in [1.29, 1.82) is 0 Å². The summed E-state index contributed by atoms with van der Waals surface area (Å²) in [5.74, 6) is -1.26. The molecule has 0 radical (unpaired) electrons. The minimum absolute atomic E-state index is 0.0441. The number of aliphatic hydroxyl groups excluding tert-OH is 5. The third-order valence-electron chi connectivity index (χ3n) is 13.8. The Morgan fingerprint density at radius 2 is 0.920 bits per heavy atom. The van der Waals surface area contributed by atoms with Crippen LogP contribution in [0.4, 0.5) is 0 Å². The molecular weight excluding hydrogens is 943 g/mol. The van der Waals surface area contributed by atoms with E-state index in [0.29, 0.717) is 19.3 Å². The molecule has 1 heterocycles. The van der Waals surface area contributed by atoms with Crippen LogP contribution < -0.4 is 5.32 Å². The van der Waals surface area contributed by atoms with Crippen LogP contribution in [0.3, 0.4) is 0 Å². The number of amides is 1. The van der Waals surface area contributed by atoms with E-state index in [1.54, 1.807) is 6.08 Å². The van der Waals surface area contributed by atoms with Gasteiger partial charge in [-0.15, -0.1) is 0 Å². The lowest BCUT2D eigenvalue weighted by atomic mass is 9.99. The van der Waals surface area contributed by atoms with E-state index in [2.05, 4.69) is 86.8 Å². The molecule has 8 unspecified atom stereocenters. The first kappa shape index (κ1) is 69.9. The van der Waals surface area contributed by atoms with Crippen LogP contribution in [-0.2, 0) is 23.8 Å². The van der Waals surface area contributed by atoms with Gasteiger partial charge in [-0.2, -0.15) is 0 Å². The summed E-state index contributed by atoms with van der Waals surface area (Å²) in [5, 5.41) is 56.9. The van der Waals surface area contributed by atoms with Gasteiger partial charge in [-0.3, -0.25) is 9.59 Å². The van der Waals surface area contributed by atoms with Crippen LogP contribution in [0.15, 0.2) is 85.1 Å². The summed E-state index contributed by atoms with van der Waals surface area (Å²) in [6.07, 6.45) is 56.2. The largest absolute Gasteiger partial charge is 0.454 e. The number of hydrogen-bond donors (Lipinski definition) is 6. The molecule has 1 aliphatic heterocycles. The van der Waals surface area contributed by atoms with Gasteiger partial charge in [0.25, 0.3) is 0 Å². The molecule has 11 nitrogen and oxygen atoms in total. The number of carbonyl (C=O) groups excluding carboxylic acids is 2. The van der Waals surface area contributed by atoms with E-state index < -0.39 is 67.4 Å². The fourth-order valence-electron chi connectivity index (χ4n) is 8.91. The van der Waals surface area contributed by atoms with Crippen LogP contribution in [0.2, 0.25) is 0 Å². The molecule has 0 saturated carbocycles. The number of hydrogen-bond acceptors (Lipinski definition) is 10. The van der Waals surface area contributed by atoms with E-state index in [1.165, 1.54) is 109 Å². The summed E-state index contributed by atoms with van der Waals surface area (Å²) in [6.45, 7) is 5.69. The van der Waals surface area contributed by atoms with E-state index >= 15 is 0 Å². The highest BCUT2D eigenvalue weighted by Gasteiger charge is 2.47. The second-order valence-corrected chi connectivity index (χ2v) is 20.7. The number of esters is 1. The number of unbranched alkanes of at least 4 members (excludes halogenated alkanes) is 24. The quantitative estimate of drug-likeness (QED) is 0.0195. The molecule has 1 fully saturated rings. The summed E-state index contributed by atoms with van der Waals surface area (Å²) < 4.78 is 17.5. The molecule has 6 N–H and O–H groups in total. The average molecular weight is 1050 g/mol. The molecule has 1 aliphatic rings. The molecule has 75 heavy (non-hydrogen) atoms. The predicted molar refractivity (Wildman–Crippen MR) is 310 cm³/mol. The molecule has 432 valence electrons. The number of aliphatic hydroxyl groups is 5. The first-order valence-electron chi connectivity index (χ1n) is 30.4. The minimum atomic E-state index is -1.64. The Morgan fingerprint density at radius 3 is 1.40 bits per heavy atom. The fraction of sp³-hybridized carbons (Fsp3) is 0.750. The standard InChI is InChI=1S/C64H111NO10/c1-4-7-10-13-16-19-22-24-26-28-30-31-33-36-39-42-45-48-51-57(68)63(72)65-55(56(67)50-47-44-41-38-35-21-18-15-12-9-6-3)54-73-64-62(61(71)60(70)58(53-66)74-64)75-59(69)52-49-46-43-40-37-34-32-29-27-25-23-20-17-14-11-8-5-2/h16-17,19-20,24-27,32,34,40,43,47,50,55-58,60-62,64,66-68,70-71H,4-15,18,21-23,28-31,33,35-39,41-42,44-46,48-49,51-54H2,1-3H3,(H,65,72)/b19-16-,20-17-,26-24-,27-25-,34-32-,43-40-,50-47+. The molecule has 1 amide bonds. The van der Waals surface area contributed by atoms with Gasteiger partial charge < -0.3 is 45.1 Å². The van der Waals surface area contributed by atoms with E-state index in [1.807, 2.05) is 18.2 Å². The van der Waals surface area contributed by atoms with Gasteiger partial charge in [0, 0.05) is 6.42 Å². The molecule has 0 spiro atoms. The molecule has 0 bridgehead atoms. The normalized spacial score (nSPS) is 19.8. The Labute approximate surface area is 457 Å². The summed E-state index contributed by atoms with van der Waals surface area (Å²) >= 11 is 0. The lowest BCUT2D eigenvalue weighted by molar-refractivity contribution is -0.305. The van der Waals surface area contributed by atoms with Crippen LogP contribution in [-0.4, -0.2) is 99.6 Å². The van der Waals surface area contributed by atoms with Crippen LogP contribution in [0.25, 0.3) is 0 Å². The number of nitrogens with one attached hydrogen (secondary N) is 1. The molecule has 11 heteroatoms. The highest BCUT2D eigenvalue weighted by atomic mass is 16.7. The number of rotatable bonds is 50. The summed E-state index contributed by atoms with van der Waals surface area (Å²) in [7, 11) is 0. The van der Waals surface area contributed by atoms with Gasteiger partial charge in [0.1, 0.15) is 24.4 Å². The van der Waals surface area contributed by atoms with Crippen molar-refractivity contribution in [3.63, 3.8) is 0 Å². The molecular formula is C64H111NO10. The molecule has 1 saturated heterocycles. The zero-order valence-electron chi connectivity index (χ0n) is 47.6. The second kappa shape index (κ2) is 51.6. The van der Waals surface area contributed by atoms with Crippen molar-refractivity contribution < 1.29 is 49.3 Å². The number of ether oxygens (including phenoxy) is 3. The molecule has 0 aromatic carbocycles. The maximum atomic E-state index is 13.4. The summed E-state index contributed by atoms with van der Waals surface area (Å²) in [4.78, 5) is 26.5. The zero-order chi connectivity index (χ0) is 54.7. The van der Waals surface area contributed by atoms with Gasteiger partial charge >= 0.3 is 5.97 Å². The molecule has 0 aromatic heterocycles. The van der Waals surface area contributed by atoms with Crippen LogP contribution >= 0.6 is 0 Å². The third-order valence-corrected chi connectivity index (χ3v) is 13.8. The van der Waals surface area contributed by atoms with Crippen molar-refractivity contribution in [2.24, 2.45) is 0 Å². The Morgan fingerprint density at radius 1 is 0.520 bits per heavy atom. The van der Waals surface area contributed by atoms with E-state index in [4.69, 9.17) is 14.2 Å². The lowest BCUT2D eigenvalue weighted by Gasteiger charge is -2.41. The van der Waals surface area contributed by atoms with Crippen LogP contribution in [0.5, 0.6) is 0 Å². The maximum Gasteiger partial charge on any atom is 0.306 e. The third kappa shape index (κ3) is 39.8. The van der Waals surface area contributed by atoms with Crippen molar-refractivity contribution >= 4 is 11.9 Å². The highest BCUT2D eigenvalue weighted by Crippen LogP contribution is 2.26. The minimum Gasteiger partial charge on any atom is -0.454 e. The number of carbonyl (C=O) groups is 2.